The number of guanidine groups is 1. The summed E-state index contributed by atoms with van der Waals surface area (Å²) in [6, 6.07) is 4.22. The quantitative estimate of drug-likeness (QED) is 0.553. The second-order valence-corrected chi connectivity index (χ2v) is 8.56. The maximum absolute atomic E-state index is 6.09. The van der Waals surface area contributed by atoms with Crippen LogP contribution in [0.3, 0.4) is 0 Å². The van der Waals surface area contributed by atoms with Crippen LogP contribution in [0.5, 0.6) is 0 Å². The molecule has 1 aliphatic heterocycles. The third-order valence-electron chi connectivity index (χ3n) is 5.41. The highest BCUT2D eigenvalue weighted by molar-refractivity contribution is 5.79. The van der Waals surface area contributed by atoms with Crippen molar-refractivity contribution in [3.05, 3.63) is 23.9 Å². The predicted octanol–water partition coefficient (Wildman–Crippen LogP) is 3.43. The Bertz CT molecular complexity index is 604. The summed E-state index contributed by atoms with van der Waals surface area (Å²) in [6.07, 6.45) is 4.56. The molecule has 2 N–H and O–H groups in total. The number of nitrogens with one attached hydrogen (secondary N) is 2. The lowest BCUT2D eigenvalue weighted by molar-refractivity contribution is -0.0835. The molecule has 0 bridgehead atoms. The summed E-state index contributed by atoms with van der Waals surface area (Å²) in [4.78, 5) is 11.2. The molecule has 6 heteroatoms. The predicted molar refractivity (Wildman–Crippen MR) is 118 cm³/mol. The van der Waals surface area contributed by atoms with Crippen LogP contribution in [0.15, 0.2) is 23.3 Å². The molecule has 1 aromatic heterocycles. The zero-order valence-corrected chi connectivity index (χ0v) is 18.6. The van der Waals surface area contributed by atoms with Crippen molar-refractivity contribution < 1.29 is 4.74 Å². The van der Waals surface area contributed by atoms with E-state index < -0.39 is 0 Å². The monoisotopic (exact) mass is 389 g/mol. The Morgan fingerprint density at radius 1 is 1.25 bits per heavy atom. The lowest BCUT2D eigenvalue weighted by Crippen LogP contribution is -2.47. The minimum Gasteiger partial charge on any atom is -0.377 e. The molecule has 0 amide bonds. The molecule has 0 spiro atoms. The van der Waals surface area contributed by atoms with Crippen LogP contribution in [0.25, 0.3) is 0 Å². The normalized spacial score (nSPS) is 20.7. The van der Waals surface area contributed by atoms with E-state index in [-0.39, 0.29) is 11.5 Å². The summed E-state index contributed by atoms with van der Waals surface area (Å²) in [5.41, 5.74) is 1.30. The molecular weight excluding hydrogens is 350 g/mol. The van der Waals surface area contributed by atoms with E-state index in [4.69, 9.17) is 4.74 Å². The summed E-state index contributed by atoms with van der Waals surface area (Å²) >= 11 is 0. The molecule has 0 aromatic carbocycles. The fraction of sp³-hybridized carbons (Fsp3) is 0.727. The standard InChI is InChI=1S/C22H39N5O/c1-7-27(8-2)19-12-11-17(14-24-19)15-25-21(23-6)26-16-18-10-9-13-28-20(18)22(3,4)5/h11-12,14,18,20H,7-10,13,15-16H2,1-6H3,(H2,23,25,26). The molecule has 2 heterocycles. The minimum absolute atomic E-state index is 0.155. The first-order valence-electron chi connectivity index (χ1n) is 10.6. The first-order chi connectivity index (χ1) is 13.4. The second kappa shape index (κ2) is 10.6. The van der Waals surface area contributed by atoms with Crippen molar-refractivity contribution in [2.75, 3.05) is 38.2 Å². The number of pyridine rings is 1. The maximum Gasteiger partial charge on any atom is 0.191 e. The molecule has 6 nitrogen and oxygen atoms in total. The highest BCUT2D eigenvalue weighted by Crippen LogP contribution is 2.33. The van der Waals surface area contributed by atoms with Gasteiger partial charge in [0.05, 0.1) is 6.10 Å². The van der Waals surface area contributed by atoms with E-state index in [1.54, 1.807) is 0 Å². The number of aromatic nitrogens is 1. The van der Waals surface area contributed by atoms with Gasteiger partial charge in [-0.05, 0) is 43.7 Å². The molecule has 1 aromatic rings. The van der Waals surface area contributed by atoms with Gasteiger partial charge in [-0.15, -0.1) is 0 Å². The van der Waals surface area contributed by atoms with Gasteiger partial charge in [0.15, 0.2) is 5.96 Å². The molecule has 1 fully saturated rings. The number of hydrogen-bond acceptors (Lipinski definition) is 4. The van der Waals surface area contributed by atoms with Crippen LogP contribution in [0.1, 0.15) is 53.0 Å². The van der Waals surface area contributed by atoms with Crippen LogP contribution in [0.2, 0.25) is 0 Å². The van der Waals surface area contributed by atoms with E-state index in [1.165, 1.54) is 6.42 Å². The molecule has 2 atom stereocenters. The molecule has 0 aliphatic carbocycles. The Hall–Kier alpha value is -1.82. The van der Waals surface area contributed by atoms with E-state index in [0.29, 0.717) is 12.5 Å². The van der Waals surface area contributed by atoms with Crippen molar-refractivity contribution in [1.29, 1.82) is 0 Å². The highest BCUT2D eigenvalue weighted by Gasteiger charge is 2.35. The van der Waals surface area contributed by atoms with Gasteiger partial charge in [-0.3, -0.25) is 4.99 Å². The SMILES string of the molecule is CCN(CC)c1ccc(CNC(=NC)NCC2CCCOC2C(C)(C)C)cn1. The molecular formula is C22H39N5O. The minimum atomic E-state index is 0.155. The van der Waals surface area contributed by atoms with E-state index in [1.807, 2.05) is 13.2 Å². The topological polar surface area (TPSA) is 61.8 Å². The molecule has 0 saturated carbocycles. The molecule has 2 unspecified atom stereocenters. The Morgan fingerprint density at radius 2 is 2.00 bits per heavy atom. The molecule has 2 rings (SSSR count). The lowest BCUT2D eigenvalue weighted by atomic mass is 9.78. The largest absolute Gasteiger partial charge is 0.377 e. The van der Waals surface area contributed by atoms with Crippen molar-refractivity contribution >= 4 is 11.8 Å². The van der Waals surface area contributed by atoms with Crippen LogP contribution >= 0.6 is 0 Å². The van der Waals surface area contributed by atoms with Crippen LogP contribution in [0.4, 0.5) is 5.82 Å². The van der Waals surface area contributed by atoms with Gasteiger partial charge in [0, 0.05) is 51.9 Å². The Morgan fingerprint density at radius 3 is 2.57 bits per heavy atom. The smallest absolute Gasteiger partial charge is 0.191 e. The maximum atomic E-state index is 6.09. The van der Waals surface area contributed by atoms with Crippen molar-refractivity contribution in [1.82, 2.24) is 15.6 Å². The number of anilines is 1. The van der Waals surface area contributed by atoms with Crippen LogP contribution < -0.4 is 15.5 Å². The Balaban J connectivity index is 1.86. The van der Waals surface area contributed by atoms with E-state index in [2.05, 4.69) is 72.3 Å². The highest BCUT2D eigenvalue weighted by atomic mass is 16.5. The van der Waals surface area contributed by atoms with E-state index in [0.717, 1.165) is 50.0 Å². The summed E-state index contributed by atoms with van der Waals surface area (Å²) < 4.78 is 6.09. The number of hydrogen-bond donors (Lipinski definition) is 2. The van der Waals surface area contributed by atoms with Crippen LogP contribution in [-0.2, 0) is 11.3 Å². The molecule has 28 heavy (non-hydrogen) atoms. The van der Waals surface area contributed by atoms with Crippen LogP contribution in [-0.4, -0.2) is 50.3 Å². The first kappa shape index (κ1) is 22.5. The number of nitrogens with zero attached hydrogens (tertiary/aromatic N) is 3. The summed E-state index contributed by atoms with van der Waals surface area (Å²) in [5.74, 6) is 2.36. The van der Waals surface area contributed by atoms with Gasteiger partial charge >= 0.3 is 0 Å². The summed E-state index contributed by atoms with van der Waals surface area (Å²) in [7, 11) is 1.82. The average molecular weight is 390 g/mol. The number of aliphatic imine (C=N–C) groups is 1. The van der Waals surface area contributed by atoms with Crippen LogP contribution in [0, 0.1) is 11.3 Å². The third kappa shape index (κ3) is 6.36. The van der Waals surface area contributed by atoms with Gasteiger partial charge in [-0.25, -0.2) is 4.98 Å². The summed E-state index contributed by atoms with van der Waals surface area (Å²) in [6.45, 7) is 15.5. The van der Waals surface area contributed by atoms with Crippen molar-refractivity contribution in [2.45, 2.75) is 60.1 Å². The van der Waals surface area contributed by atoms with Crippen molar-refractivity contribution in [2.24, 2.45) is 16.3 Å². The van der Waals surface area contributed by atoms with Gasteiger partial charge in [0.2, 0.25) is 0 Å². The number of rotatable bonds is 7. The molecule has 158 valence electrons. The summed E-state index contributed by atoms with van der Waals surface area (Å²) in [5, 5.41) is 6.89. The van der Waals surface area contributed by atoms with Gasteiger partial charge in [-0.1, -0.05) is 26.8 Å². The Kier molecular flexibility index (Phi) is 8.55. The molecule has 1 aliphatic rings. The fourth-order valence-corrected chi connectivity index (χ4v) is 3.90. The second-order valence-electron chi connectivity index (χ2n) is 8.56. The third-order valence-corrected chi connectivity index (χ3v) is 5.41. The van der Waals surface area contributed by atoms with E-state index in [9.17, 15) is 0 Å². The van der Waals surface area contributed by atoms with Gasteiger partial charge in [-0.2, -0.15) is 0 Å². The van der Waals surface area contributed by atoms with Crippen molar-refractivity contribution in [3.8, 4) is 0 Å². The first-order valence-corrected chi connectivity index (χ1v) is 10.6. The van der Waals surface area contributed by atoms with Gasteiger partial charge in [0.1, 0.15) is 5.82 Å². The molecule has 1 saturated heterocycles. The lowest BCUT2D eigenvalue weighted by Gasteiger charge is -2.40. The van der Waals surface area contributed by atoms with Crippen molar-refractivity contribution in [3.63, 3.8) is 0 Å². The Labute approximate surface area is 171 Å². The van der Waals surface area contributed by atoms with E-state index >= 15 is 0 Å². The fourth-order valence-electron chi connectivity index (χ4n) is 3.90. The zero-order valence-electron chi connectivity index (χ0n) is 18.6. The molecule has 0 radical (unpaired) electrons. The average Bonchev–Trinajstić information content (AvgIpc) is 2.69. The van der Waals surface area contributed by atoms with Gasteiger partial charge in [0.25, 0.3) is 0 Å². The number of ether oxygens (including phenoxy) is 1. The van der Waals surface area contributed by atoms with Gasteiger partial charge < -0.3 is 20.3 Å². The zero-order chi connectivity index (χ0) is 20.6.